The van der Waals surface area contributed by atoms with E-state index < -0.39 is 5.54 Å². The number of carbonyl (C=O) groups excluding carboxylic acids is 1. The molecular weight excluding hydrogens is 300 g/mol. The molecule has 5 rings (SSSR count). The number of anilines is 1. The van der Waals surface area contributed by atoms with Gasteiger partial charge in [0.2, 0.25) is 0 Å². The minimum Gasteiger partial charge on any atom is -0.394 e. The largest absolute Gasteiger partial charge is 0.394 e. The Balaban J connectivity index is 1.78. The minimum absolute atomic E-state index is 0.0203. The molecule has 1 aromatic rings. The van der Waals surface area contributed by atoms with Gasteiger partial charge in [0.1, 0.15) is 12.6 Å². The first kappa shape index (κ1) is 14.7. The van der Waals surface area contributed by atoms with E-state index in [2.05, 4.69) is 31.0 Å². The van der Waals surface area contributed by atoms with Gasteiger partial charge >= 0.3 is 0 Å². The van der Waals surface area contributed by atoms with Crippen molar-refractivity contribution >= 4 is 11.5 Å². The molecule has 3 fully saturated rings. The van der Waals surface area contributed by atoms with Gasteiger partial charge in [-0.25, -0.2) is 0 Å². The van der Waals surface area contributed by atoms with E-state index in [1.165, 1.54) is 5.57 Å². The van der Waals surface area contributed by atoms with Crippen molar-refractivity contribution in [1.82, 2.24) is 0 Å². The predicted octanol–water partition coefficient (Wildman–Crippen LogP) is 1.99. The van der Waals surface area contributed by atoms with Gasteiger partial charge in [-0.05, 0) is 24.6 Å². The van der Waals surface area contributed by atoms with Crippen molar-refractivity contribution in [2.24, 2.45) is 5.92 Å². The number of likely N-dealkylation sites (N-methyl/N-ethyl adjacent to an activating group) is 1. The molecule has 1 aromatic carbocycles. The number of aliphatic hydroxyl groups excluding tert-OH is 1. The quantitative estimate of drug-likeness (QED) is 0.634. The fourth-order valence-corrected chi connectivity index (χ4v) is 6.38. The molecule has 1 spiro atoms. The summed E-state index contributed by atoms with van der Waals surface area (Å²) in [4.78, 5) is 15.9. The number of carbonyl (C=O) groups is 1. The Labute approximate surface area is 143 Å². The number of ketones is 1. The van der Waals surface area contributed by atoms with Crippen LogP contribution in [-0.2, 0) is 0 Å². The van der Waals surface area contributed by atoms with Crippen molar-refractivity contribution < 1.29 is 14.4 Å². The highest BCUT2D eigenvalue weighted by Gasteiger charge is 2.72. The Morgan fingerprint density at radius 3 is 2.96 bits per heavy atom. The van der Waals surface area contributed by atoms with Crippen molar-refractivity contribution in [3.05, 3.63) is 41.5 Å². The molecule has 4 heteroatoms. The summed E-state index contributed by atoms with van der Waals surface area (Å²) in [5.41, 5.74) is 2.93. The monoisotopic (exact) mass is 325 g/mol. The Bertz CT molecular complexity index is 773. The molecular formula is C20H25N2O2+. The number of aliphatic hydroxyl groups is 1. The van der Waals surface area contributed by atoms with Gasteiger partial charge in [0, 0.05) is 30.0 Å². The van der Waals surface area contributed by atoms with Crippen LogP contribution in [0.5, 0.6) is 0 Å². The number of hydrogen-bond donors (Lipinski definition) is 1. The Morgan fingerprint density at radius 1 is 1.42 bits per heavy atom. The molecule has 126 valence electrons. The maximum atomic E-state index is 13.5. The van der Waals surface area contributed by atoms with Crippen LogP contribution in [0.4, 0.5) is 5.69 Å². The van der Waals surface area contributed by atoms with Crippen LogP contribution in [0.1, 0.15) is 30.1 Å². The summed E-state index contributed by atoms with van der Waals surface area (Å²) in [5, 5.41) is 10.3. The highest BCUT2D eigenvalue weighted by Crippen LogP contribution is 2.58. The molecule has 0 radical (unpaired) electrons. The molecule has 2 bridgehead atoms. The van der Waals surface area contributed by atoms with E-state index in [-0.39, 0.29) is 12.6 Å². The van der Waals surface area contributed by atoms with E-state index in [0.29, 0.717) is 17.7 Å². The molecule has 5 atom stereocenters. The van der Waals surface area contributed by atoms with Gasteiger partial charge in [0.25, 0.3) is 0 Å². The SMILES string of the molecule is C/C=C1/C[N+]2(C)CCC34C(=O)c5ccccc5N3C(CO)C1CC42. The number of rotatable bonds is 1. The van der Waals surface area contributed by atoms with Crippen LogP contribution in [-0.4, -0.2) is 59.7 Å². The van der Waals surface area contributed by atoms with Gasteiger partial charge in [-0.3, -0.25) is 4.79 Å². The molecule has 4 nitrogen and oxygen atoms in total. The van der Waals surface area contributed by atoms with Crippen LogP contribution in [0, 0.1) is 5.92 Å². The molecule has 3 saturated heterocycles. The second-order valence-electron chi connectivity index (χ2n) is 8.22. The van der Waals surface area contributed by atoms with E-state index in [1.807, 2.05) is 18.2 Å². The Hall–Kier alpha value is -1.65. The van der Waals surface area contributed by atoms with E-state index >= 15 is 0 Å². The molecule has 24 heavy (non-hydrogen) atoms. The number of Topliss-reactive ketones (excluding diaryl/α,β-unsaturated/α-hetero) is 1. The van der Waals surface area contributed by atoms with Crippen molar-refractivity contribution in [2.75, 3.05) is 31.6 Å². The average Bonchev–Trinajstić information content (AvgIpc) is 3.07. The lowest BCUT2D eigenvalue weighted by molar-refractivity contribution is -0.923. The average molecular weight is 325 g/mol. The molecule has 5 unspecified atom stereocenters. The first-order valence-corrected chi connectivity index (χ1v) is 9.10. The summed E-state index contributed by atoms with van der Waals surface area (Å²) < 4.78 is 0.977. The fourth-order valence-electron chi connectivity index (χ4n) is 6.38. The van der Waals surface area contributed by atoms with E-state index in [9.17, 15) is 9.90 Å². The molecule has 0 saturated carbocycles. The molecule has 4 aliphatic heterocycles. The lowest BCUT2D eigenvalue weighted by Crippen LogP contribution is -2.74. The number of quaternary nitrogens is 1. The number of allylic oxidation sites excluding steroid dienone is 1. The number of fused-ring (bicyclic) bond motifs is 3. The maximum absolute atomic E-state index is 13.5. The third-order valence-electron chi connectivity index (χ3n) is 7.39. The van der Waals surface area contributed by atoms with Crippen molar-refractivity contribution in [3.8, 4) is 0 Å². The van der Waals surface area contributed by atoms with Crippen LogP contribution in [0.25, 0.3) is 0 Å². The number of nitrogens with zero attached hydrogens (tertiary/aromatic N) is 2. The van der Waals surface area contributed by atoms with E-state index in [0.717, 1.165) is 41.7 Å². The topological polar surface area (TPSA) is 40.5 Å². The second-order valence-corrected chi connectivity index (χ2v) is 8.22. The first-order chi connectivity index (χ1) is 11.6. The maximum Gasteiger partial charge on any atom is 0.196 e. The molecule has 4 aliphatic rings. The van der Waals surface area contributed by atoms with Gasteiger partial charge in [-0.15, -0.1) is 0 Å². The zero-order valence-corrected chi connectivity index (χ0v) is 14.4. The van der Waals surface area contributed by atoms with Crippen LogP contribution in [0.2, 0.25) is 0 Å². The number of piperidine rings is 2. The summed E-state index contributed by atoms with van der Waals surface area (Å²) in [6.07, 6.45) is 4.18. The highest BCUT2D eigenvalue weighted by atomic mass is 16.3. The Kier molecular flexibility index (Phi) is 2.75. The summed E-state index contributed by atoms with van der Waals surface area (Å²) in [6, 6.07) is 8.39. The van der Waals surface area contributed by atoms with Gasteiger partial charge in [0.05, 0.1) is 26.2 Å². The summed E-state index contributed by atoms with van der Waals surface area (Å²) in [6.45, 7) is 4.31. The summed E-state index contributed by atoms with van der Waals surface area (Å²) in [5.74, 6) is 0.659. The van der Waals surface area contributed by atoms with Crippen LogP contribution >= 0.6 is 0 Å². The lowest BCUT2D eigenvalue weighted by atomic mass is 9.68. The van der Waals surface area contributed by atoms with Crippen LogP contribution < -0.4 is 4.90 Å². The zero-order chi connectivity index (χ0) is 16.7. The molecule has 0 aromatic heterocycles. The molecule has 4 heterocycles. The van der Waals surface area contributed by atoms with Crippen molar-refractivity contribution in [2.45, 2.75) is 37.4 Å². The lowest BCUT2D eigenvalue weighted by Gasteiger charge is -2.57. The third-order valence-corrected chi connectivity index (χ3v) is 7.39. The summed E-state index contributed by atoms with van der Waals surface area (Å²) >= 11 is 0. The van der Waals surface area contributed by atoms with E-state index in [1.54, 1.807) is 0 Å². The number of hydrogen-bond acceptors (Lipinski definition) is 3. The third kappa shape index (κ3) is 1.42. The molecule has 0 aliphatic carbocycles. The zero-order valence-electron chi connectivity index (χ0n) is 14.4. The van der Waals surface area contributed by atoms with Gasteiger partial charge in [-0.2, -0.15) is 0 Å². The Morgan fingerprint density at radius 2 is 2.21 bits per heavy atom. The molecule has 0 amide bonds. The predicted molar refractivity (Wildman–Crippen MR) is 93.0 cm³/mol. The normalized spacial score (nSPS) is 44.0. The van der Waals surface area contributed by atoms with Gasteiger partial charge in [-0.1, -0.05) is 18.2 Å². The number of para-hydroxylation sites is 1. The fraction of sp³-hybridized carbons (Fsp3) is 0.550. The van der Waals surface area contributed by atoms with Crippen LogP contribution in [0.3, 0.4) is 0 Å². The van der Waals surface area contributed by atoms with E-state index in [4.69, 9.17) is 0 Å². The first-order valence-electron chi connectivity index (χ1n) is 9.10. The highest BCUT2D eigenvalue weighted by molar-refractivity contribution is 6.15. The van der Waals surface area contributed by atoms with Crippen molar-refractivity contribution in [1.29, 1.82) is 0 Å². The smallest absolute Gasteiger partial charge is 0.196 e. The number of benzene rings is 1. The standard InChI is InChI=1S/C20H25N2O2/c1-3-13-11-22(2)9-8-20-18(22)10-15(13)17(12-23)21(20)16-7-5-4-6-14(16)19(20)24/h3-7,15,17-18,23H,8-12H2,1-2H3/q+1/b13-3-. The molecule has 1 N–H and O–H groups in total. The second kappa shape index (κ2) is 4.50. The van der Waals surface area contributed by atoms with Crippen LogP contribution in [0.15, 0.2) is 35.9 Å². The van der Waals surface area contributed by atoms with Gasteiger partial charge in [0.15, 0.2) is 11.3 Å². The van der Waals surface area contributed by atoms with Gasteiger partial charge < -0.3 is 14.5 Å². The minimum atomic E-state index is -0.429. The summed E-state index contributed by atoms with van der Waals surface area (Å²) in [7, 11) is 2.33. The van der Waals surface area contributed by atoms with Crippen molar-refractivity contribution in [3.63, 3.8) is 0 Å².